The first-order valence-corrected chi connectivity index (χ1v) is 9.52. The molecule has 27 heavy (non-hydrogen) atoms. The lowest BCUT2D eigenvalue weighted by atomic mass is 9.95. The van der Waals surface area contributed by atoms with Crippen LogP contribution in [-0.2, 0) is 0 Å². The number of nitrogens with one attached hydrogen (secondary N) is 1. The van der Waals surface area contributed by atoms with Gasteiger partial charge in [-0.05, 0) is 55.3 Å². The average molecular weight is 366 g/mol. The number of aryl methyl sites for hydroxylation is 1. The van der Waals surface area contributed by atoms with Crippen LogP contribution in [-0.4, -0.2) is 38.6 Å². The molecular weight excluding hydrogens is 340 g/mol. The smallest absolute Gasteiger partial charge is 0.170 e. The van der Waals surface area contributed by atoms with Crippen molar-refractivity contribution in [3.8, 4) is 11.5 Å². The summed E-state index contributed by atoms with van der Waals surface area (Å²) in [6.45, 7) is 7.04. The van der Waals surface area contributed by atoms with Gasteiger partial charge in [0.15, 0.2) is 5.78 Å². The number of carbonyl (C=O) groups is 1. The second-order valence-electron chi connectivity index (χ2n) is 7.44. The molecule has 0 radical (unpaired) electrons. The molecule has 142 valence electrons. The molecule has 2 aromatic rings. The normalized spacial score (nSPS) is 22.2. The molecule has 5 nitrogen and oxygen atoms in total. The van der Waals surface area contributed by atoms with Crippen LogP contribution in [0.1, 0.15) is 40.9 Å². The number of rotatable bonds is 3. The van der Waals surface area contributed by atoms with Crippen LogP contribution in [0.2, 0.25) is 0 Å². The number of nitrogens with zero attached hydrogens (tertiary/aromatic N) is 1. The van der Waals surface area contributed by atoms with Gasteiger partial charge in [0.2, 0.25) is 0 Å². The zero-order valence-electron chi connectivity index (χ0n) is 16.1. The Hall–Kier alpha value is -2.53. The van der Waals surface area contributed by atoms with Crippen molar-refractivity contribution in [2.45, 2.75) is 32.4 Å². The molecular formula is C22H26N2O3. The highest BCUT2D eigenvalue weighted by Gasteiger charge is 2.29. The van der Waals surface area contributed by atoms with Gasteiger partial charge in [0.05, 0.1) is 19.1 Å². The minimum absolute atomic E-state index is 0.139. The monoisotopic (exact) mass is 366 g/mol. The van der Waals surface area contributed by atoms with Crippen LogP contribution in [0.3, 0.4) is 0 Å². The number of methoxy groups -OCH3 is 1. The van der Waals surface area contributed by atoms with Crippen molar-refractivity contribution in [3.05, 3.63) is 53.1 Å². The predicted molar refractivity (Wildman–Crippen MR) is 106 cm³/mol. The molecule has 1 N–H and O–H groups in total. The quantitative estimate of drug-likeness (QED) is 0.901. The lowest BCUT2D eigenvalue weighted by Crippen LogP contribution is -2.49. The summed E-state index contributed by atoms with van der Waals surface area (Å²) in [5.74, 6) is 1.66. The number of hydrogen-bond acceptors (Lipinski definition) is 5. The zero-order valence-corrected chi connectivity index (χ0v) is 16.1. The summed E-state index contributed by atoms with van der Waals surface area (Å²) in [6, 6.07) is 12.4. The minimum Gasteiger partial charge on any atom is -0.496 e. The minimum atomic E-state index is -0.250. The molecule has 0 aromatic heterocycles. The van der Waals surface area contributed by atoms with Crippen molar-refractivity contribution >= 4 is 11.5 Å². The maximum atomic E-state index is 12.8. The summed E-state index contributed by atoms with van der Waals surface area (Å²) in [7, 11) is 1.66. The van der Waals surface area contributed by atoms with E-state index in [0.29, 0.717) is 23.8 Å². The number of hydrogen-bond donors (Lipinski definition) is 1. The first kappa shape index (κ1) is 17.9. The van der Waals surface area contributed by atoms with Gasteiger partial charge in [0.25, 0.3) is 0 Å². The Morgan fingerprint density at radius 1 is 1.22 bits per heavy atom. The van der Waals surface area contributed by atoms with E-state index >= 15 is 0 Å². The van der Waals surface area contributed by atoms with Gasteiger partial charge in [-0.15, -0.1) is 0 Å². The number of piperazine rings is 1. The van der Waals surface area contributed by atoms with Crippen LogP contribution >= 0.6 is 0 Å². The summed E-state index contributed by atoms with van der Waals surface area (Å²) in [5, 5.41) is 3.45. The summed E-state index contributed by atoms with van der Waals surface area (Å²) in [4.78, 5) is 15.2. The molecule has 2 aromatic carbocycles. The Kier molecular flexibility index (Phi) is 4.79. The third kappa shape index (κ3) is 3.52. The van der Waals surface area contributed by atoms with Crippen molar-refractivity contribution in [2.24, 2.45) is 0 Å². The molecule has 0 bridgehead atoms. The molecule has 5 heteroatoms. The van der Waals surface area contributed by atoms with Gasteiger partial charge in [-0.3, -0.25) is 4.79 Å². The molecule has 1 fully saturated rings. The Balaban J connectivity index is 1.58. The summed E-state index contributed by atoms with van der Waals surface area (Å²) in [6.07, 6.45) is 0.111. The number of anilines is 1. The summed E-state index contributed by atoms with van der Waals surface area (Å²) >= 11 is 0. The van der Waals surface area contributed by atoms with E-state index < -0.39 is 0 Å². The third-order valence-corrected chi connectivity index (χ3v) is 5.43. The third-order valence-electron chi connectivity index (χ3n) is 5.43. The van der Waals surface area contributed by atoms with Crippen LogP contribution < -0.4 is 19.7 Å². The molecule has 0 amide bonds. The maximum absolute atomic E-state index is 12.8. The van der Waals surface area contributed by atoms with Crippen LogP contribution in [0, 0.1) is 6.92 Å². The van der Waals surface area contributed by atoms with E-state index in [2.05, 4.69) is 23.2 Å². The van der Waals surface area contributed by atoms with Crippen LogP contribution in [0.15, 0.2) is 36.4 Å². The molecule has 1 saturated heterocycles. The van der Waals surface area contributed by atoms with E-state index in [9.17, 15) is 4.79 Å². The highest BCUT2D eigenvalue weighted by molar-refractivity contribution is 6.01. The fourth-order valence-corrected chi connectivity index (χ4v) is 3.96. The topological polar surface area (TPSA) is 50.8 Å². The summed E-state index contributed by atoms with van der Waals surface area (Å²) in [5.41, 5.74) is 3.84. The largest absolute Gasteiger partial charge is 0.496 e. The van der Waals surface area contributed by atoms with E-state index in [1.165, 1.54) is 0 Å². The average Bonchev–Trinajstić information content (AvgIpc) is 2.67. The van der Waals surface area contributed by atoms with Crippen LogP contribution in [0.4, 0.5) is 5.69 Å². The van der Waals surface area contributed by atoms with Gasteiger partial charge in [-0.2, -0.15) is 0 Å². The summed E-state index contributed by atoms with van der Waals surface area (Å²) < 4.78 is 11.5. The SMILES string of the molecule is COc1ccc(C2CC(=O)c3cc(N4CCN[C@H](C)C4)ccc3O2)cc1C. The first-order valence-electron chi connectivity index (χ1n) is 9.52. The second kappa shape index (κ2) is 7.24. The van der Waals surface area contributed by atoms with Gasteiger partial charge >= 0.3 is 0 Å². The van der Waals surface area contributed by atoms with Gasteiger partial charge in [0.1, 0.15) is 17.6 Å². The number of ether oxygens (including phenoxy) is 2. The molecule has 4 rings (SSSR count). The van der Waals surface area contributed by atoms with E-state index in [1.54, 1.807) is 7.11 Å². The second-order valence-corrected chi connectivity index (χ2v) is 7.44. The molecule has 1 unspecified atom stereocenters. The van der Waals surface area contributed by atoms with Crippen LogP contribution in [0.5, 0.6) is 11.5 Å². The van der Waals surface area contributed by atoms with E-state index in [0.717, 1.165) is 42.2 Å². The number of benzene rings is 2. The highest BCUT2D eigenvalue weighted by Crippen LogP contribution is 2.38. The Morgan fingerprint density at radius 2 is 2.07 bits per heavy atom. The van der Waals surface area contributed by atoms with E-state index in [1.807, 2.05) is 37.3 Å². The van der Waals surface area contributed by atoms with Gasteiger partial charge < -0.3 is 19.7 Å². The standard InChI is InChI=1S/C22H26N2O3/c1-14-10-16(4-6-20(14)26-3)22-12-19(25)18-11-17(5-7-21(18)27-22)24-9-8-23-15(2)13-24/h4-7,10-11,15,22-23H,8-9,12-13H2,1-3H3/t15-,22?/m1/s1. The molecule has 0 saturated carbocycles. The lowest BCUT2D eigenvalue weighted by Gasteiger charge is -2.34. The van der Waals surface area contributed by atoms with Crippen LogP contribution in [0.25, 0.3) is 0 Å². The van der Waals surface area contributed by atoms with Crippen molar-refractivity contribution in [1.82, 2.24) is 5.32 Å². The number of Topliss-reactive ketones (excluding diaryl/α,β-unsaturated/α-hetero) is 1. The first-order chi connectivity index (χ1) is 13.0. The number of ketones is 1. The molecule has 2 aliphatic rings. The fourth-order valence-electron chi connectivity index (χ4n) is 3.96. The predicted octanol–water partition coefficient (Wildman–Crippen LogP) is 3.51. The highest BCUT2D eigenvalue weighted by atomic mass is 16.5. The molecule has 0 spiro atoms. The van der Waals surface area contributed by atoms with Crippen molar-refractivity contribution in [1.29, 1.82) is 0 Å². The molecule has 0 aliphatic carbocycles. The molecule has 2 atom stereocenters. The fraction of sp³-hybridized carbons (Fsp3) is 0.409. The van der Waals surface area contributed by atoms with Gasteiger partial charge in [-0.25, -0.2) is 0 Å². The zero-order chi connectivity index (χ0) is 19.0. The Morgan fingerprint density at radius 3 is 2.81 bits per heavy atom. The molecule has 2 heterocycles. The Bertz CT molecular complexity index is 865. The lowest BCUT2D eigenvalue weighted by molar-refractivity contribution is 0.0850. The van der Waals surface area contributed by atoms with E-state index in [4.69, 9.17) is 9.47 Å². The number of fused-ring (bicyclic) bond motifs is 1. The van der Waals surface area contributed by atoms with Crippen molar-refractivity contribution in [2.75, 3.05) is 31.6 Å². The van der Waals surface area contributed by atoms with E-state index in [-0.39, 0.29) is 11.9 Å². The van der Waals surface area contributed by atoms with Gasteiger partial charge in [0, 0.05) is 31.4 Å². The maximum Gasteiger partial charge on any atom is 0.170 e. The van der Waals surface area contributed by atoms with Crippen molar-refractivity contribution in [3.63, 3.8) is 0 Å². The van der Waals surface area contributed by atoms with Gasteiger partial charge in [-0.1, -0.05) is 6.07 Å². The number of carbonyl (C=O) groups excluding carboxylic acids is 1. The Labute approximate surface area is 160 Å². The van der Waals surface area contributed by atoms with Crippen molar-refractivity contribution < 1.29 is 14.3 Å². The molecule has 2 aliphatic heterocycles.